The van der Waals surface area contributed by atoms with E-state index in [0.717, 1.165) is 28.5 Å². The summed E-state index contributed by atoms with van der Waals surface area (Å²) in [6.07, 6.45) is 12.3. The van der Waals surface area contributed by atoms with Crippen molar-refractivity contribution < 1.29 is 18.4 Å². The number of aromatic nitrogens is 5. The van der Waals surface area contributed by atoms with Gasteiger partial charge in [0.25, 0.3) is 11.8 Å². The molecular formula is C34H33F2N11O2. The van der Waals surface area contributed by atoms with Gasteiger partial charge in [0.1, 0.15) is 5.69 Å². The fourth-order valence-electron chi connectivity index (χ4n) is 5.98. The average Bonchev–Trinajstić information content (AvgIpc) is 3.94. The number of carbonyl (C=O) groups is 2. The Morgan fingerprint density at radius 1 is 0.816 bits per heavy atom. The maximum absolute atomic E-state index is 14.3. The highest BCUT2D eigenvalue weighted by Crippen LogP contribution is 2.27. The molecule has 7 rings (SSSR count). The van der Waals surface area contributed by atoms with E-state index in [1.807, 2.05) is 49.9 Å². The first-order chi connectivity index (χ1) is 23.6. The number of halogens is 2. The number of nitrogens with one attached hydrogen (secondary N) is 3. The Balaban J connectivity index is 0.000000170. The van der Waals surface area contributed by atoms with Gasteiger partial charge in [0.2, 0.25) is 0 Å². The van der Waals surface area contributed by atoms with Gasteiger partial charge in [0.05, 0.1) is 18.0 Å². The number of likely N-dealkylation sites (tertiary alicyclic amines) is 2. The summed E-state index contributed by atoms with van der Waals surface area (Å²) < 4.78 is 31.8. The van der Waals surface area contributed by atoms with Crippen molar-refractivity contribution in [2.45, 2.75) is 24.9 Å². The fourth-order valence-corrected chi connectivity index (χ4v) is 5.98. The molecule has 15 heteroatoms. The topological polar surface area (TPSA) is 164 Å². The van der Waals surface area contributed by atoms with Gasteiger partial charge in [0, 0.05) is 92.3 Å². The summed E-state index contributed by atoms with van der Waals surface area (Å²) in [5.74, 6) is -3.09. The molecule has 0 spiro atoms. The number of hydrogen-bond donors (Lipinski definition) is 3. The Kier molecular flexibility index (Phi) is 9.26. The molecular weight excluding hydrogens is 632 g/mol. The third kappa shape index (κ3) is 7.21. The molecule has 5 aromatic rings. The molecule has 3 aromatic heterocycles. The first-order valence-electron chi connectivity index (χ1n) is 15.6. The van der Waals surface area contributed by atoms with E-state index < -0.39 is 17.5 Å². The van der Waals surface area contributed by atoms with E-state index in [1.54, 1.807) is 22.8 Å². The van der Waals surface area contributed by atoms with Gasteiger partial charge in [-0.05, 0) is 42.7 Å². The molecule has 5 heterocycles. The van der Waals surface area contributed by atoms with Crippen LogP contribution >= 0.6 is 0 Å². The summed E-state index contributed by atoms with van der Waals surface area (Å²) in [5.41, 5.74) is 3.69. The van der Waals surface area contributed by atoms with Crippen molar-refractivity contribution in [1.82, 2.24) is 45.0 Å². The molecule has 13 nitrogen and oxygen atoms in total. The van der Waals surface area contributed by atoms with E-state index in [4.69, 9.17) is 10.5 Å². The highest BCUT2D eigenvalue weighted by Gasteiger charge is 2.27. The number of aryl methyl sites for hydroxylation is 2. The Labute approximate surface area is 280 Å². The quantitative estimate of drug-likeness (QED) is 0.232. The molecule has 2 aromatic carbocycles. The van der Waals surface area contributed by atoms with Crippen LogP contribution < -0.4 is 10.6 Å². The van der Waals surface area contributed by atoms with Gasteiger partial charge in [-0.2, -0.15) is 20.7 Å². The summed E-state index contributed by atoms with van der Waals surface area (Å²) in [7, 11) is 3.56. The van der Waals surface area contributed by atoms with Gasteiger partial charge in [-0.15, -0.1) is 0 Å². The molecule has 2 saturated heterocycles. The van der Waals surface area contributed by atoms with Gasteiger partial charge >= 0.3 is 0 Å². The highest BCUT2D eigenvalue weighted by molar-refractivity contribution is 5.99. The maximum atomic E-state index is 14.3. The van der Waals surface area contributed by atoms with Crippen LogP contribution in [0.25, 0.3) is 33.2 Å². The van der Waals surface area contributed by atoms with Crippen molar-refractivity contribution >= 4 is 22.7 Å². The van der Waals surface area contributed by atoms with E-state index in [1.165, 1.54) is 27.9 Å². The number of nitrogens with zero attached hydrogens (tertiary/aromatic N) is 8. The minimum Gasteiger partial charge on any atom is -0.351 e. The van der Waals surface area contributed by atoms with Crippen LogP contribution in [-0.2, 0) is 14.1 Å². The second kappa shape index (κ2) is 13.9. The van der Waals surface area contributed by atoms with Crippen molar-refractivity contribution in [3.63, 3.8) is 0 Å². The number of nitriles is 2. The van der Waals surface area contributed by atoms with Crippen LogP contribution in [0.2, 0.25) is 0 Å². The smallest absolute Gasteiger partial charge is 0.268 e. The van der Waals surface area contributed by atoms with Crippen LogP contribution in [0.1, 0.15) is 33.7 Å². The summed E-state index contributed by atoms with van der Waals surface area (Å²) >= 11 is 0. The van der Waals surface area contributed by atoms with Gasteiger partial charge in [-0.3, -0.25) is 19.0 Å². The maximum Gasteiger partial charge on any atom is 0.268 e. The Morgan fingerprint density at radius 2 is 1.43 bits per heavy atom. The Morgan fingerprint density at radius 3 is 2.00 bits per heavy atom. The summed E-state index contributed by atoms with van der Waals surface area (Å²) in [4.78, 5) is 31.0. The zero-order chi connectivity index (χ0) is 34.7. The van der Waals surface area contributed by atoms with Crippen LogP contribution in [0.4, 0.5) is 8.78 Å². The van der Waals surface area contributed by atoms with Crippen LogP contribution in [0.5, 0.6) is 0 Å². The van der Waals surface area contributed by atoms with Gasteiger partial charge in [-0.1, -0.05) is 12.1 Å². The molecule has 0 radical (unpaired) electrons. The predicted molar refractivity (Wildman–Crippen MR) is 175 cm³/mol. The van der Waals surface area contributed by atoms with Crippen molar-refractivity contribution in [2.75, 3.05) is 26.2 Å². The van der Waals surface area contributed by atoms with E-state index in [9.17, 15) is 18.4 Å². The summed E-state index contributed by atoms with van der Waals surface area (Å²) in [5, 5.41) is 32.4. The number of amides is 2. The highest BCUT2D eigenvalue weighted by atomic mass is 19.2. The molecule has 0 unspecified atom stereocenters. The first-order valence-corrected chi connectivity index (χ1v) is 15.6. The lowest BCUT2D eigenvalue weighted by Gasteiger charge is -2.13. The molecule has 49 heavy (non-hydrogen) atoms. The second-order valence-corrected chi connectivity index (χ2v) is 12.1. The third-order valence-corrected chi connectivity index (χ3v) is 8.58. The largest absolute Gasteiger partial charge is 0.351 e. The number of rotatable bonds is 6. The molecule has 0 saturated carbocycles. The Bertz CT molecular complexity index is 2100. The van der Waals surface area contributed by atoms with Crippen LogP contribution in [0.3, 0.4) is 0 Å². The number of fused-ring (bicyclic) bond motifs is 1. The van der Waals surface area contributed by atoms with Crippen LogP contribution in [-0.4, -0.2) is 84.4 Å². The average molecular weight is 666 g/mol. The van der Waals surface area contributed by atoms with Crippen LogP contribution in [0, 0.1) is 34.5 Å². The SMILES string of the molecule is Cn1cc(-c2ccc(C(=O)N[C@@H]3CCN(C#N)C3)c(F)c2F)cn1.Cn1cc(-c2ccc3[nH]c(C(=O)N[C@@H]4CCN(C#N)C4)cc3c2)cn1. The normalized spacial score (nSPS) is 16.9. The molecule has 250 valence electrons. The van der Waals surface area contributed by atoms with Crippen molar-refractivity contribution in [2.24, 2.45) is 14.1 Å². The van der Waals surface area contributed by atoms with E-state index in [2.05, 4.69) is 32.0 Å². The standard InChI is InChI=1S/C18H18N6O.C16H15F2N5O/c1-23-9-14(8-20-23)12-2-3-16-13(6-12)7-17(22-16)18(25)21-15-4-5-24(10-15)11-19;1-22-7-10(6-20-22)12-2-3-13(15(18)14(12)17)16(24)21-11-4-5-23(8-11)9-19/h2-3,6-9,15,22H,4-5,10H2,1H3,(H,21,25);2-3,6-7,11H,4-5,8H2,1H3,(H,21,24)/t15-;11-/m11/s1. The lowest BCUT2D eigenvalue weighted by atomic mass is 10.0. The molecule has 2 atom stereocenters. The number of aromatic amines is 1. The fraction of sp³-hybridized carbons (Fsp3) is 0.294. The van der Waals surface area contributed by atoms with E-state index in [-0.39, 0.29) is 29.1 Å². The van der Waals surface area contributed by atoms with Crippen molar-refractivity contribution in [3.05, 3.63) is 84.1 Å². The molecule has 3 N–H and O–H groups in total. The van der Waals surface area contributed by atoms with Gasteiger partial charge in [0.15, 0.2) is 24.0 Å². The molecule has 2 aliphatic heterocycles. The second-order valence-electron chi connectivity index (χ2n) is 12.1. The predicted octanol–water partition coefficient (Wildman–Crippen LogP) is 3.50. The minimum atomic E-state index is -1.19. The number of carbonyl (C=O) groups excluding carboxylic acids is 2. The molecule has 2 fully saturated rings. The Hall–Kier alpha value is -6.22. The first kappa shape index (κ1) is 32.7. The summed E-state index contributed by atoms with van der Waals surface area (Å²) in [6.45, 7) is 2.19. The minimum absolute atomic E-state index is 0.0181. The van der Waals surface area contributed by atoms with E-state index in [0.29, 0.717) is 43.9 Å². The monoisotopic (exact) mass is 665 g/mol. The van der Waals surface area contributed by atoms with Crippen molar-refractivity contribution in [1.29, 1.82) is 10.5 Å². The molecule has 0 aliphatic carbocycles. The van der Waals surface area contributed by atoms with E-state index >= 15 is 0 Å². The lowest BCUT2D eigenvalue weighted by molar-refractivity contribution is 0.0925. The van der Waals surface area contributed by atoms with Crippen molar-refractivity contribution in [3.8, 4) is 34.6 Å². The molecule has 2 aliphatic rings. The lowest BCUT2D eigenvalue weighted by Crippen LogP contribution is -2.37. The summed E-state index contributed by atoms with van der Waals surface area (Å²) in [6, 6.07) is 10.3. The van der Waals surface area contributed by atoms with Crippen LogP contribution in [0.15, 0.2) is 61.2 Å². The number of H-pyrrole nitrogens is 1. The zero-order valence-corrected chi connectivity index (χ0v) is 26.8. The van der Waals surface area contributed by atoms with Gasteiger partial charge < -0.3 is 25.4 Å². The number of benzene rings is 2. The molecule has 2 amide bonds. The zero-order valence-electron chi connectivity index (χ0n) is 26.8. The van der Waals surface area contributed by atoms with Gasteiger partial charge in [-0.25, -0.2) is 8.78 Å². The number of hydrogen-bond acceptors (Lipinski definition) is 8. The molecule has 0 bridgehead atoms. The third-order valence-electron chi connectivity index (χ3n) is 8.58.